The van der Waals surface area contributed by atoms with E-state index in [1.54, 1.807) is 24.3 Å². The normalized spacial score (nSPS) is 13.1. The Bertz CT molecular complexity index is 742. The van der Waals surface area contributed by atoms with Crippen LogP contribution in [0.2, 0.25) is 0 Å². The van der Waals surface area contributed by atoms with Gasteiger partial charge in [-0.1, -0.05) is 41.9 Å². The van der Waals surface area contributed by atoms with Gasteiger partial charge in [0.15, 0.2) is 6.04 Å². The zero-order chi connectivity index (χ0) is 17.4. The molecule has 0 spiro atoms. The molecular formula is C15H14BrF3N4. The Morgan fingerprint density at radius 3 is 2.26 bits per heavy atom. The van der Waals surface area contributed by atoms with E-state index in [0.717, 1.165) is 4.47 Å². The van der Waals surface area contributed by atoms with E-state index in [9.17, 15) is 18.4 Å². The summed E-state index contributed by atoms with van der Waals surface area (Å²) in [7, 11) is 0. The summed E-state index contributed by atoms with van der Waals surface area (Å²) in [5.41, 5.74) is 6.41. The number of anilines is 1. The van der Waals surface area contributed by atoms with E-state index in [-0.39, 0.29) is 17.1 Å². The van der Waals surface area contributed by atoms with Gasteiger partial charge in [-0.2, -0.15) is 23.5 Å². The van der Waals surface area contributed by atoms with Crippen LogP contribution in [0.3, 0.4) is 0 Å². The molecular weight excluding hydrogens is 373 g/mol. The lowest BCUT2D eigenvalue weighted by atomic mass is 10.0. The highest BCUT2D eigenvalue weighted by atomic mass is 79.9. The zero-order valence-electron chi connectivity index (χ0n) is 12.4. The first-order chi connectivity index (χ1) is 10.7. The molecule has 122 valence electrons. The standard InChI is InChI=1S/C15H14BrF3N4/c1-8(2)13(15(17,18)19)23-14(21)11(7-20)12(22-23)9-3-5-10(16)6-4-9/h3-6,8,13H,21H2,1-2H3. The van der Waals surface area contributed by atoms with Crippen molar-refractivity contribution in [3.05, 3.63) is 34.3 Å². The lowest BCUT2D eigenvalue weighted by Gasteiger charge is -2.24. The number of aromatic nitrogens is 2. The van der Waals surface area contributed by atoms with Crippen LogP contribution in [0.5, 0.6) is 0 Å². The molecule has 0 fully saturated rings. The molecule has 0 aliphatic heterocycles. The zero-order valence-corrected chi connectivity index (χ0v) is 14.0. The van der Waals surface area contributed by atoms with Crippen molar-refractivity contribution in [3.63, 3.8) is 0 Å². The summed E-state index contributed by atoms with van der Waals surface area (Å²) in [5, 5.41) is 13.3. The SMILES string of the molecule is CC(C)C(n1nc(-c2ccc(Br)cc2)c(C#N)c1N)C(F)(F)F. The van der Waals surface area contributed by atoms with E-state index < -0.39 is 18.1 Å². The second kappa shape index (κ2) is 6.24. The molecule has 0 aliphatic carbocycles. The molecule has 0 amide bonds. The van der Waals surface area contributed by atoms with Crippen LogP contribution in [0.15, 0.2) is 28.7 Å². The number of benzene rings is 1. The number of rotatable bonds is 3. The third-order valence-corrected chi connectivity index (χ3v) is 3.94. The maximum absolute atomic E-state index is 13.3. The number of halogens is 4. The van der Waals surface area contributed by atoms with Crippen molar-refractivity contribution in [2.75, 3.05) is 5.73 Å². The van der Waals surface area contributed by atoms with Gasteiger partial charge in [-0.25, -0.2) is 4.68 Å². The molecule has 2 rings (SSSR count). The van der Waals surface area contributed by atoms with Gasteiger partial charge in [-0.05, 0) is 18.1 Å². The molecule has 0 saturated heterocycles. The predicted molar refractivity (Wildman–Crippen MR) is 84.4 cm³/mol. The van der Waals surface area contributed by atoms with Crippen molar-refractivity contribution < 1.29 is 13.2 Å². The van der Waals surface area contributed by atoms with Crippen LogP contribution in [-0.2, 0) is 0 Å². The van der Waals surface area contributed by atoms with Crippen LogP contribution in [0.1, 0.15) is 25.5 Å². The Morgan fingerprint density at radius 2 is 1.83 bits per heavy atom. The predicted octanol–water partition coefficient (Wildman–Crippen LogP) is 4.53. The molecule has 2 N–H and O–H groups in total. The molecule has 8 heteroatoms. The molecule has 1 unspecified atom stereocenters. The molecule has 1 aromatic heterocycles. The van der Waals surface area contributed by atoms with Gasteiger partial charge in [0.1, 0.15) is 23.1 Å². The Kier molecular flexibility index (Phi) is 4.71. The van der Waals surface area contributed by atoms with Gasteiger partial charge in [0.05, 0.1) is 0 Å². The van der Waals surface area contributed by atoms with Crippen molar-refractivity contribution in [1.82, 2.24) is 9.78 Å². The molecule has 0 aliphatic rings. The fraction of sp³-hybridized carbons (Fsp3) is 0.333. The number of nitrogens with two attached hydrogens (primary N) is 1. The highest BCUT2D eigenvalue weighted by molar-refractivity contribution is 9.10. The number of alkyl halides is 3. The van der Waals surface area contributed by atoms with Crippen molar-refractivity contribution in [3.8, 4) is 17.3 Å². The van der Waals surface area contributed by atoms with E-state index in [1.165, 1.54) is 13.8 Å². The van der Waals surface area contributed by atoms with E-state index in [0.29, 0.717) is 10.2 Å². The largest absolute Gasteiger partial charge is 0.411 e. The summed E-state index contributed by atoms with van der Waals surface area (Å²) in [6, 6.07) is 6.72. The average Bonchev–Trinajstić information content (AvgIpc) is 2.75. The number of hydrogen-bond acceptors (Lipinski definition) is 3. The number of nitriles is 1. The van der Waals surface area contributed by atoms with Gasteiger partial charge < -0.3 is 5.73 Å². The second-order valence-corrected chi connectivity index (χ2v) is 6.32. The molecule has 4 nitrogen and oxygen atoms in total. The van der Waals surface area contributed by atoms with Gasteiger partial charge in [-0.15, -0.1) is 0 Å². The Hall–Kier alpha value is -2.01. The van der Waals surface area contributed by atoms with Crippen LogP contribution in [0.4, 0.5) is 19.0 Å². The number of nitrogens with zero attached hydrogens (tertiary/aromatic N) is 3. The third kappa shape index (κ3) is 3.34. The number of nitrogen functional groups attached to an aromatic ring is 1. The summed E-state index contributed by atoms with van der Waals surface area (Å²) in [6.45, 7) is 2.87. The highest BCUT2D eigenvalue weighted by Crippen LogP contribution is 2.39. The quantitative estimate of drug-likeness (QED) is 0.842. The fourth-order valence-electron chi connectivity index (χ4n) is 2.38. The lowest BCUT2D eigenvalue weighted by molar-refractivity contribution is -0.180. The maximum atomic E-state index is 13.3. The average molecular weight is 387 g/mol. The minimum Gasteiger partial charge on any atom is -0.383 e. The van der Waals surface area contributed by atoms with Gasteiger partial charge in [0.25, 0.3) is 0 Å². The minimum atomic E-state index is -4.52. The summed E-state index contributed by atoms with van der Waals surface area (Å²) in [4.78, 5) is 0. The molecule has 23 heavy (non-hydrogen) atoms. The summed E-state index contributed by atoms with van der Waals surface area (Å²) >= 11 is 3.28. The first-order valence-corrected chi connectivity index (χ1v) is 7.56. The molecule has 0 bridgehead atoms. The number of hydrogen-bond donors (Lipinski definition) is 1. The summed E-state index contributed by atoms with van der Waals surface area (Å²) in [5.74, 6) is -1.05. The first-order valence-electron chi connectivity index (χ1n) is 6.77. The van der Waals surface area contributed by atoms with Crippen LogP contribution in [0.25, 0.3) is 11.3 Å². The first kappa shape index (κ1) is 17.3. The van der Waals surface area contributed by atoms with Crippen molar-refractivity contribution in [1.29, 1.82) is 5.26 Å². The molecule has 1 aromatic carbocycles. The Morgan fingerprint density at radius 1 is 1.26 bits per heavy atom. The minimum absolute atomic E-state index is 0.0535. The van der Waals surface area contributed by atoms with Gasteiger partial charge >= 0.3 is 6.18 Å². The molecule has 0 saturated carbocycles. The monoisotopic (exact) mass is 386 g/mol. The van der Waals surface area contributed by atoms with E-state index in [4.69, 9.17) is 5.73 Å². The summed E-state index contributed by atoms with van der Waals surface area (Å²) < 4.78 is 41.5. The van der Waals surface area contributed by atoms with E-state index >= 15 is 0 Å². The van der Waals surface area contributed by atoms with Gasteiger partial charge in [0, 0.05) is 10.0 Å². The Labute approximate surface area is 139 Å². The van der Waals surface area contributed by atoms with Gasteiger partial charge in [-0.3, -0.25) is 0 Å². The highest BCUT2D eigenvalue weighted by Gasteiger charge is 2.45. The van der Waals surface area contributed by atoms with E-state index in [2.05, 4.69) is 21.0 Å². The molecule has 1 atom stereocenters. The maximum Gasteiger partial charge on any atom is 0.411 e. The van der Waals surface area contributed by atoms with E-state index in [1.807, 2.05) is 6.07 Å². The van der Waals surface area contributed by atoms with Crippen LogP contribution in [0, 0.1) is 17.2 Å². The molecule has 1 heterocycles. The second-order valence-electron chi connectivity index (χ2n) is 5.40. The topological polar surface area (TPSA) is 67.6 Å². The van der Waals surface area contributed by atoms with Crippen molar-refractivity contribution in [2.24, 2.45) is 5.92 Å². The van der Waals surface area contributed by atoms with Crippen LogP contribution < -0.4 is 5.73 Å². The lowest BCUT2D eigenvalue weighted by Crippen LogP contribution is -2.32. The fourth-order valence-corrected chi connectivity index (χ4v) is 2.64. The van der Waals surface area contributed by atoms with Crippen molar-refractivity contribution in [2.45, 2.75) is 26.1 Å². The molecule has 0 radical (unpaired) electrons. The molecule has 2 aromatic rings. The Balaban J connectivity index is 2.65. The van der Waals surface area contributed by atoms with Crippen molar-refractivity contribution >= 4 is 21.7 Å². The third-order valence-electron chi connectivity index (χ3n) is 3.41. The van der Waals surface area contributed by atoms with Crippen LogP contribution in [-0.4, -0.2) is 16.0 Å². The van der Waals surface area contributed by atoms with Gasteiger partial charge in [0.2, 0.25) is 0 Å². The van der Waals surface area contributed by atoms with Crippen LogP contribution >= 0.6 is 15.9 Å². The summed E-state index contributed by atoms with van der Waals surface area (Å²) in [6.07, 6.45) is -4.52. The smallest absolute Gasteiger partial charge is 0.383 e.